The number of fused-ring (bicyclic) bond motifs is 1. The summed E-state index contributed by atoms with van der Waals surface area (Å²) in [7, 11) is 0. The van der Waals surface area contributed by atoms with Crippen LogP contribution in [0.3, 0.4) is 0 Å². The molecule has 1 fully saturated rings. The van der Waals surface area contributed by atoms with Crippen molar-refractivity contribution in [2.24, 2.45) is 0 Å². The first-order valence-electron chi connectivity index (χ1n) is 9.73. The highest BCUT2D eigenvalue weighted by Gasteiger charge is 2.41. The number of aliphatic carboxylic acids is 1. The zero-order valence-electron chi connectivity index (χ0n) is 15.6. The van der Waals surface area contributed by atoms with Gasteiger partial charge >= 0.3 is 5.97 Å². The van der Waals surface area contributed by atoms with Gasteiger partial charge in [0.2, 0.25) is 0 Å². The minimum atomic E-state index is -0.880. The second kappa shape index (κ2) is 7.55. The molecule has 0 amide bonds. The number of nitrogens with zero attached hydrogens (tertiary/aromatic N) is 1. The molecule has 1 N–H and O–H groups in total. The summed E-state index contributed by atoms with van der Waals surface area (Å²) >= 11 is 1.53. The maximum absolute atomic E-state index is 13.3. The van der Waals surface area contributed by atoms with Crippen LogP contribution in [0.1, 0.15) is 60.4 Å². The van der Waals surface area contributed by atoms with E-state index in [0.29, 0.717) is 35.7 Å². The number of hydrogen-bond donors (Lipinski definition) is 1. The van der Waals surface area contributed by atoms with Crippen LogP contribution in [0.25, 0.3) is 0 Å². The molecule has 0 saturated heterocycles. The lowest BCUT2D eigenvalue weighted by Crippen LogP contribution is -2.36. The molecule has 1 aromatic carbocycles. The van der Waals surface area contributed by atoms with Crippen LogP contribution in [-0.4, -0.2) is 40.6 Å². The Bertz CT molecular complexity index is 818. The number of benzene rings is 1. The number of thioether (sulfide) groups is 1. The van der Waals surface area contributed by atoms with Gasteiger partial charge < -0.3 is 10.0 Å². The van der Waals surface area contributed by atoms with Crippen LogP contribution in [0.5, 0.6) is 0 Å². The molecule has 0 aromatic heterocycles. The number of carbonyl (C=O) groups is 2. The van der Waals surface area contributed by atoms with Crippen molar-refractivity contribution in [3.63, 3.8) is 0 Å². The van der Waals surface area contributed by atoms with Crippen molar-refractivity contribution in [2.75, 3.05) is 12.8 Å². The first kappa shape index (κ1) is 18.4. The quantitative estimate of drug-likeness (QED) is 0.754. The zero-order chi connectivity index (χ0) is 19.0. The fourth-order valence-corrected chi connectivity index (χ4v) is 5.32. The number of carbonyl (C=O) groups excluding carboxylic acids is 1. The van der Waals surface area contributed by atoms with Crippen LogP contribution in [0.2, 0.25) is 0 Å². The maximum Gasteiger partial charge on any atom is 0.333 e. The Morgan fingerprint density at radius 1 is 1.11 bits per heavy atom. The fraction of sp³-hybridized carbons (Fsp3) is 0.455. The van der Waals surface area contributed by atoms with Crippen LogP contribution in [0.4, 0.5) is 0 Å². The summed E-state index contributed by atoms with van der Waals surface area (Å²) in [5, 5.41) is 9.41. The molecule has 1 saturated carbocycles. The van der Waals surface area contributed by atoms with E-state index in [1.54, 1.807) is 0 Å². The second-order valence-electron chi connectivity index (χ2n) is 7.59. The zero-order valence-corrected chi connectivity index (χ0v) is 16.4. The normalized spacial score (nSPS) is 22.8. The van der Waals surface area contributed by atoms with Gasteiger partial charge in [0, 0.05) is 22.7 Å². The van der Waals surface area contributed by atoms with Crippen molar-refractivity contribution < 1.29 is 14.7 Å². The average molecular weight is 384 g/mol. The predicted octanol–water partition coefficient (Wildman–Crippen LogP) is 4.59. The van der Waals surface area contributed by atoms with E-state index in [1.165, 1.54) is 49.4 Å². The average Bonchev–Trinajstić information content (AvgIpc) is 3.27. The third kappa shape index (κ3) is 3.33. The highest BCUT2D eigenvalue weighted by molar-refractivity contribution is 8.02. The number of Topliss-reactive ketones (excluding diaryl/α,β-unsaturated/α-hetero) is 1. The number of allylic oxidation sites excluding steroid dienone is 1. The van der Waals surface area contributed by atoms with Crippen LogP contribution < -0.4 is 0 Å². The summed E-state index contributed by atoms with van der Waals surface area (Å²) < 4.78 is 0. The first-order chi connectivity index (χ1) is 13.1. The van der Waals surface area contributed by atoms with E-state index in [2.05, 4.69) is 12.1 Å². The second-order valence-corrected chi connectivity index (χ2v) is 8.47. The van der Waals surface area contributed by atoms with Gasteiger partial charge in [0.15, 0.2) is 5.78 Å². The van der Waals surface area contributed by atoms with E-state index in [-0.39, 0.29) is 11.8 Å². The van der Waals surface area contributed by atoms with Gasteiger partial charge in [0.05, 0.1) is 5.57 Å². The number of carboxylic acid groups (broad SMARTS) is 1. The summed E-state index contributed by atoms with van der Waals surface area (Å²) in [5.74, 6) is -0.191. The van der Waals surface area contributed by atoms with Crippen LogP contribution >= 0.6 is 11.8 Å². The SMILES string of the molecule is CSC1=CC2=C(C(=O)O)CCN2C1C(=O)c1ccc(C2CCCCC2)cc1. The molecule has 5 heteroatoms. The van der Waals surface area contributed by atoms with Crippen LogP contribution in [0.15, 0.2) is 46.5 Å². The molecular formula is C22H25NO3S. The van der Waals surface area contributed by atoms with Gasteiger partial charge in [-0.2, -0.15) is 0 Å². The van der Waals surface area contributed by atoms with Gasteiger partial charge in [-0.25, -0.2) is 4.79 Å². The minimum Gasteiger partial charge on any atom is -0.478 e. The van der Waals surface area contributed by atoms with E-state index >= 15 is 0 Å². The molecule has 1 unspecified atom stereocenters. The molecule has 0 radical (unpaired) electrons. The summed E-state index contributed by atoms with van der Waals surface area (Å²) in [6.45, 7) is 0.591. The Hall–Kier alpha value is -2.01. The topological polar surface area (TPSA) is 57.6 Å². The molecule has 1 aliphatic carbocycles. The summed E-state index contributed by atoms with van der Waals surface area (Å²) in [4.78, 5) is 27.6. The number of ketones is 1. The highest BCUT2D eigenvalue weighted by atomic mass is 32.2. The Morgan fingerprint density at radius 3 is 2.44 bits per heavy atom. The van der Waals surface area contributed by atoms with Gasteiger partial charge in [-0.05, 0) is 43.1 Å². The largest absolute Gasteiger partial charge is 0.478 e. The van der Waals surface area contributed by atoms with E-state index in [4.69, 9.17) is 0 Å². The lowest BCUT2D eigenvalue weighted by Gasteiger charge is -2.25. The van der Waals surface area contributed by atoms with Crippen molar-refractivity contribution in [3.8, 4) is 0 Å². The van der Waals surface area contributed by atoms with E-state index < -0.39 is 5.97 Å². The van der Waals surface area contributed by atoms with Crippen molar-refractivity contribution in [2.45, 2.75) is 50.5 Å². The molecule has 27 heavy (non-hydrogen) atoms. The van der Waals surface area contributed by atoms with Crippen molar-refractivity contribution in [1.29, 1.82) is 0 Å². The third-order valence-corrected chi connectivity index (χ3v) is 6.91. The molecule has 1 atom stereocenters. The van der Waals surface area contributed by atoms with Crippen molar-refractivity contribution in [1.82, 2.24) is 4.90 Å². The van der Waals surface area contributed by atoms with Gasteiger partial charge in [0.25, 0.3) is 0 Å². The summed E-state index contributed by atoms with van der Waals surface area (Å²) in [6.07, 6.45) is 10.7. The van der Waals surface area contributed by atoms with Gasteiger partial charge in [-0.3, -0.25) is 4.79 Å². The molecule has 2 aliphatic heterocycles. The first-order valence-corrected chi connectivity index (χ1v) is 11.0. The van der Waals surface area contributed by atoms with Gasteiger partial charge in [0.1, 0.15) is 6.04 Å². The number of carboxylic acids is 1. The number of hydrogen-bond acceptors (Lipinski definition) is 4. The third-order valence-electron chi connectivity index (χ3n) is 6.10. The lowest BCUT2D eigenvalue weighted by molar-refractivity contribution is -0.132. The summed E-state index contributed by atoms with van der Waals surface area (Å²) in [5.41, 5.74) is 3.19. The van der Waals surface area contributed by atoms with Crippen molar-refractivity contribution >= 4 is 23.5 Å². The monoisotopic (exact) mass is 383 g/mol. The minimum absolute atomic E-state index is 0.0624. The van der Waals surface area contributed by atoms with E-state index in [0.717, 1.165) is 4.91 Å². The molecule has 3 aliphatic rings. The fourth-order valence-electron chi connectivity index (χ4n) is 4.63. The van der Waals surface area contributed by atoms with Gasteiger partial charge in [-0.15, -0.1) is 11.8 Å². The lowest BCUT2D eigenvalue weighted by atomic mass is 9.83. The Balaban J connectivity index is 1.57. The molecular weight excluding hydrogens is 358 g/mol. The Morgan fingerprint density at radius 2 is 1.81 bits per heavy atom. The molecule has 4 rings (SSSR count). The Kier molecular flexibility index (Phi) is 5.13. The van der Waals surface area contributed by atoms with Gasteiger partial charge in [-0.1, -0.05) is 43.5 Å². The molecule has 2 heterocycles. The maximum atomic E-state index is 13.3. The van der Waals surface area contributed by atoms with Crippen LogP contribution in [0, 0.1) is 0 Å². The standard InChI is InChI=1S/C22H25NO3S/c1-27-19-13-18-17(22(25)26)11-12-23(18)20(19)21(24)16-9-7-15(8-10-16)14-5-3-2-4-6-14/h7-10,13-14,20H,2-6,11-12H2,1H3,(H,25,26). The molecule has 4 nitrogen and oxygen atoms in total. The Labute approximate surface area is 164 Å². The highest BCUT2D eigenvalue weighted by Crippen LogP contribution is 2.40. The smallest absolute Gasteiger partial charge is 0.333 e. The molecule has 1 aromatic rings. The van der Waals surface area contributed by atoms with E-state index in [1.807, 2.05) is 29.4 Å². The van der Waals surface area contributed by atoms with Crippen molar-refractivity contribution in [3.05, 3.63) is 57.6 Å². The molecule has 0 bridgehead atoms. The molecule has 0 spiro atoms. The number of rotatable bonds is 5. The van der Waals surface area contributed by atoms with Crippen LogP contribution in [-0.2, 0) is 4.79 Å². The summed E-state index contributed by atoms with van der Waals surface area (Å²) in [6, 6.07) is 7.77. The van der Waals surface area contributed by atoms with E-state index in [9.17, 15) is 14.7 Å². The molecule has 142 valence electrons. The predicted molar refractivity (Wildman–Crippen MR) is 108 cm³/mol.